The fourth-order valence-electron chi connectivity index (χ4n) is 3.85. The first-order valence-electron chi connectivity index (χ1n) is 9.65. The lowest BCUT2D eigenvalue weighted by atomic mass is 10.1. The molecule has 7 heteroatoms. The highest BCUT2D eigenvalue weighted by Crippen LogP contribution is 2.40. The number of fused-ring (bicyclic) bond motifs is 2. The van der Waals surface area contributed by atoms with Gasteiger partial charge >= 0.3 is 0 Å². The lowest BCUT2D eigenvalue weighted by Gasteiger charge is -2.37. The molecule has 2 aromatic heterocycles. The van der Waals surface area contributed by atoms with Crippen molar-refractivity contribution < 1.29 is 18.7 Å². The number of furan rings is 1. The molecular formula is C22H22N2O4S. The van der Waals surface area contributed by atoms with Crippen LogP contribution in [0.25, 0.3) is 0 Å². The van der Waals surface area contributed by atoms with Gasteiger partial charge in [0, 0.05) is 23.5 Å². The minimum absolute atomic E-state index is 0.0907. The number of carbonyl (C=O) groups excluding carboxylic acids is 1. The Hall–Kier alpha value is -2.77. The van der Waals surface area contributed by atoms with E-state index in [9.17, 15) is 4.79 Å². The third-order valence-electron chi connectivity index (χ3n) is 5.46. The van der Waals surface area contributed by atoms with E-state index in [-0.39, 0.29) is 12.0 Å². The highest BCUT2D eigenvalue weighted by molar-refractivity contribution is 7.16. The molecule has 1 atom stereocenters. The molecule has 4 heterocycles. The largest absolute Gasteiger partial charge is 0.486 e. The van der Waals surface area contributed by atoms with Crippen molar-refractivity contribution in [3.05, 3.63) is 64.4 Å². The summed E-state index contributed by atoms with van der Waals surface area (Å²) in [6.45, 7) is 6.67. The minimum Gasteiger partial charge on any atom is -0.486 e. The predicted octanol–water partition coefficient (Wildman–Crippen LogP) is 4.22. The van der Waals surface area contributed by atoms with Gasteiger partial charge in [0.05, 0.1) is 12.9 Å². The molecule has 0 fully saturated rings. The molecule has 0 bridgehead atoms. The van der Waals surface area contributed by atoms with Crippen LogP contribution in [0.3, 0.4) is 0 Å². The van der Waals surface area contributed by atoms with Gasteiger partial charge in [-0.15, -0.1) is 11.3 Å². The van der Waals surface area contributed by atoms with Crippen LogP contribution in [0.4, 0.5) is 5.00 Å². The van der Waals surface area contributed by atoms with E-state index in [1.54, 1.807) is 23.5 Å². The van der Waals surface area contributed by atoms with Gasteiger partial charge in [-0.05, 0) is 43.7 Å². The van der Waals surface area contributed by atoms with Crippen molar-refractivity contribution in [3.8, 4) is 11.5 Å². The van der Waals surface area contributed by atoms with Crippen LogP contribution in [0.1, 0.15) is 26.6 Å². The van der Waals surface area contributed by atoms with Gasteiger partial charge in [0.1, 0.15) is 17.7 Å². The quantitative estimate of drug-likeness (QED) is 0.647. The molecule has 2 aliphatic rings. The summed E-state index contributed by atoms with van der Waals surface area (Å²) in [5.74, 6) is 1.79. The van der Waals surface area contributed by atoms with Gasteiger partial charge in [-0.2, -0.15) is 0 Å². The number of para-hydroxylation sites is 2. The third-order valence-corrected chi connectivity index (χ3v) is 6.74. The number of hydrogen-bond acceptors (Lipinski definition) is 6. The van der Waals surface area contributed by atoms with Crippen molar-refractivity contribution in [1.29, 1.82) is 0 Å². The molecule has 0 radical (unpaired) electrons. The van der Waals surface area contributed by atoms with Crippen molar-refractivity contribution in [2.75, 3.05) is 24.7 Å². The minimum atomic E-state index is -0.117. The Labute approximate surface area is 173 Å². The molecule has 29 heavy (non-hydrogen) atoms. The number of carbonyl (C=O) groups is 1. The topological polar surface area (TPSA) is 55.2 Å². The molecule has 0 unspecified atom stereocenters. The second-order valence-corrected chi connectivity index (χ2v) is 8.63. The number of benzene rings is 1. The van der Waals surface area contributed by atoms with Crippen LogP contribution >= 0.6 is 11.3 Å². The fraction of sp³-hybridized carbons (Fsp3) is 0.318. The number of thiophene rings is 1. The van der Waals surface area contributed by atoms with E-state index >= 15 is 0 Å². The molecule has 6 nitrogen and oxygen atoms in total. The summed E-state index contributed by atoms with van der Waals surface area (Å²) in [6.07, 6.45) is 1.44. The van der Waals surface area contributed by atoms with E-state index in [0.29, 0.717) is 25.6 Å². The number of anilines is 1. The van der Waals surface area contributed by atoms with Gasteiger partial charge in [0.15, 0.2) is 17.3 Å². The fourth-order valence-corrected chi connectivity index (χ4v) is 5.01. The zero-order valence-electron chi connectivity index (χ0n) is 16.4. The number of nitrogens with zero attached hydrogens (tertiary/aromatic N) is 2. The Balaban J connectivity index is 1.39. The lowest BCUT2D eigenvalue weighted by Crippen LogP contribution is -2.49. The van der Waals surface area contributed by atoms with E-state index in [4.69, 9.17) is 13.9 Å². The second kappa shape index (κ2) is 7.24. The van der Waals surface area contributed by atoms with Crippen molar-refractivity contribution in [1.82, 2.24) is 4.90 Å². The maximum atomic E-state index is 13.1. The molecule has 0 N–H and O–H groups in total. The molecule has 150 valence electrons. The number of rotatable bonds is 3. The molecule has 1 aromatic carbocycles. The van der Waals surface area contributed by atoms with Crippen LogP contribution in [0.15, 0.2) is 47.1 Å². The average molecular weight is 410 g/mol. The monoisotopic (exact) mass is 410 g/mol. The van der Waals surface area contributed by atoms with Crippen molar-refractivity contribution in [3.63, 3.8) is 0 Å². The second-order valence-electron chi connectivity index (χ2n) is 7.43. The van der Waals surface area contributed by atoms with Gasteiger partial charge in [0.2, 0.25) is 0 Å². The molecule has 0 spiro atoms. The normalized spacial score (nSPS) is 18.6. The number of aryl methyl sites for hydroxylation is 1. The summed E-state index contributed by atoms with van der Waals surface area (Å²) in [5, 5.41) is 1.02. The Morgan fingerprint density at radius 3 is 2.79 bits per heavy atom. The van der Waals surface area contributed by atoms with Crippen LogP contribution in [0.5, 0.6) is 11.5 Å². The molecule has 3 aromatic rings. The first kappa shape index (κ1) is 18.3. The Kier molecular flexibility index (Phi) is 4.56. The number of amides is 1. The molecule has 0 saturated heterocycles. The summed E-state index contributed by atoms with van der Waals surface area (Å²) >= 11 is 1.67. The number of ether oxygens (including phenoxy) is 2. The van der Waals surface area contributed by atoms with Crippen LogP contribution in [-0.2, 0) is 6.54 Å². The van der Waals surface area contributed by atoms with Crippen molar-refractivity contribution >= 4 is 22.2 Å². The molecule has 5 rings (SSSR count). The van der Waals surface area contributed by atoms with Gasteiger partial charge in [0.25, 0.3) is 5.91 Å². The summed E-state index contributed by atoms with van der Waals surface area (Å²) < 4.78 is 17.4. The lowest BCUT2D eigenvalue weighted by molar-refractivity contribution is 0.0537. The highest BCUT2D eigenvalue weighted by atomic mass is 32.1. The van der Waals surface area contributed by atoms with Crippen LogP contribution < -0.4 is 14.4 Å². The Morgan fingerprint density at radius 1 is 1.17 bits per heavy atom. The average Bonchev–Trinajstić information content (AvgIpc) is 3.37. The van der Waals surface area contributed by atoms with E-state index in [1.807, 2.05) is 29.2 Å². The Morgan fingerprint density at radius 2 is 2.00 bits per heavy atom. The summed E-state index contributed by atoms with van der Waals surface area (Å²) in [6, 6.07) is 11.2. The molecule has 0 saturated carbocycles. The van der Waals surface area contributed by atoms with Gasteiger partial charge < -0.3 is 13.9 Å². The first-order valence-corrected chi connectivity index (χ1v) is 10.5. The van der Waals surface area contributed by atoms with Gasteiger partial charge in [-0.3, -0.25) is 14.6 Å². The maximum Gasteiger partial charge on any atom is 0.295 e. The van der Waals surface area contributed by atoms with Crippen LogP contribution in [-0.4, -0.2) is 36.7 Å². The van der Waals surface area contributed by atoms with Crippen molar-refractivity contribution in [2.45, 2.75) is 26.5 Å². The molecule has 2 aliphatic heterocycles. The van der Waals surface area contributed by atoms with E-state index in [0.717, 1.165) is 23.0 Å². The van der Waals surface area contributed by atoms with Crippen molar-refractivity contribution in [2.24, 2.45) is 0 Å². The summed E-state index contributed by atoms with van der Waals surface area (Å²) in [7, 11) is 0. The van der Waals surface area contributed by atoms with Crippen LogP contribution in [0, 0.1) is 13.8 Å². The zero-order chi connectivity index (χ0) is 20.0. The highest BCUT2D eigenvalue weighted by Gasteiger charge is 2.34. The maximum absolute atomic E-state index is 13.1. The standard InChI is InChI=1S/C22H22N2O4S/c1-14-15(2)29-22-17(14)11-23(13-24(22)21(25)20-8-5-9-26-20)10-16-12-27-18-6-3-4-7-19(18)28-16/h3-9,16H,10-13H2,1-2H3/t16-/m0/s1. The predicted molar refractivity (Wildman–Crippen MR) is 111 cm³/mol. The van der Waals surface area contributed by atoms with Crippen LogP contribution in [0.2, 0.25) is 0 Å². The molecular weight excluding hydrogens is 388 g/mol. The van der Waals surface area contributed by atoms with Gasteiger partial charge in [-0.1, -0.05) is 12.1 Å². The molecule has 1 amide bonds. The summed E-state index contributed by atoms with van der Waals surface area (Å²) in [5.41, 5.74) is 2.45. The zero-order valence-corrected chi connectivity index (χ0v) is 17.2. The first-order chi connectivity index (χ1) is 14.1. The SMILES string of the molecule is Cc1sc2c(c1C)CN(C[C@H]1COc3ccccc3O1)CN2C(=O)c1ccco1. The van der Waals surface area contributed by atoms with E-state index < -0.39 is 0 Å². The van der Waals surface area contributed by atoms with Gasteiger partial charge in [-0.25, -0.2) is 0 Å². The van der Waals surface area contributed by atoms with E-state index in [2.05, 4.69) is 18.7 Å². The smallest absolute Gasteiger partial charge is 0.295 e. The third kappa shape index (κ3) is 3.30. The number of hydrogen-bond donors (Lipinski definition) is 0. The Bertz CT molecular complexity index is 1040. The summed E-state index contributed by atoms with van der Waals surface area (Å²) in [4.78, 5) is 18.4. The van der Waals surface area contributed by atoms with E-state index in [1.165, 1.54) is 22.3 Å². The molecule has 0 aliphatic carbocycles.